The predicted octanol–water partition coefficient (Wildman–Crippen LogP) is 1.71. The van der Waals surface area contributed by atoms with Gasteiger partial charge in [0.25, 0.3) is 0 Å². The lowest BCUT2D eigenvalue weighted by Gasteiger charge is -2.13. The SMILES string of the molecule is C[C@]1(C(F)(F)F)C[C@@H]1N.Cl. The third-order valence-corrected chi connectivity index (χ3v) is 1.95. The molecule has 1 aliphatic rings. The molecule has 1 nitrogen and oxygen atoms in total. The summed E-state index contributed by atoms with van der Waals surface area (Å²) in [6.07, 6.45) is -4.02. The average molecular weight is 176 g/mol. The van der Waals surface area contributed by atoms with Gasteiger partial charge in [-0.1, -0.05) is 0 Å². The van der Waals surface area contributed by atoms with Crippen molar-refractivity contribution in [2.45, 2.75) is 25.6 Å². The van der Waals surface area contributed by atoms with Crippen molar-refractivity contribution in [2.24, 2.45) is 11.1 Å². The van der Waals surface area contributed by atoms with Crippen LogP contribution in [0.4, 0.5) is 13.2 Å². The third kappa shape index (κ3) is 1.22. The van der Waals surface area contributed by atoms with Gasteiger partial charge in [-0.2, -0.15) is 13.2 Å². The second-order valence-electron chi connectivity index (χ2n) is 2.73. The minimum atomic E-state index is -4.10. The fraction of sp³-hybridized carbons (Fsp3) is 1.00. The van der Waals surface area contributed by atoms with Crippen molar-refractivity contribution in [1.29, 1.82) is 0 Å². The van der Waals surface area contributed by atoms with Crippen LogP contribution < -0.4 is 5.73 Å². The van der Waals surface area contributed by atoms with Gasteiger partial charge in [0.1, 0.15) is 0 Å². The van der Waals surface area contributed by atoms with Crippen molar-refractivity contribution < 1.29 is 13.2 Å². The Morgan fingerprint density at radius 1 is 1.50 bits per heavy atom. The molecule has 0 aromatic carbocycles. The maximum Gasteiger partial charge on any atom is 0.395 e. The first-order chi connectivity index (χ1) is 3.88. The number of hydrogen-bond acceptors (Lipinski definition) is 1. The lowest BCUT2D eigenvalue weighted by atomic mass is 10.1. The molecule has 1 fully saturated rings. The van der Waals surface area contributed by atoms with Crippen LogP contribution in [-0.4, -0.2) is 12.2 Å². The Bertz CT molecular complexity index is 135. The van der Waals surface area contributed by atoms with Crippen molar-refractivity contribution in [3.05, 3.63) is 0 Å². The largest absolute Gasteiger partial charge is 0.395 e. The molecule has 0 unspecified atom stereocenters. The van der Waals surface area contributed by atoms with Gasteiger partial charge in [-0.3, -0.25) is 0 Å². The number of rotatable bonds is 0. The van der Waals surface area contributed by atoms with Gasteiger partial charge < -0.3 is 5.73 Å². The predicted molar refractivity (Wildman–Crippen MR) is 34.0 cm³/mol. The molecular weight excluding hydrogens is 167 g/mol. The molecule has 0 aliphatic heterocycles. The first-order valence-electron chi connectivity index (χ1n) is 2.70. The van der Waals surface area contributed by atoms with Gasteiger partial charge in [-0.05, 0) is 13.3 Å². The molecule has 5 heteroatoms. The highest BCUT2D eigenvalue weighted by atomic mass is 35.5. The minimum Gasteiger partial charge on any atom is -0.327 e. The highest BCUT2D eigenvalue weighted by Gasteiger charge is 2.65. The first kappa shape index (κ1) is 10.0. The zero-order valence-corrected chi connectivity index (χ0v) is 6.22. The van der Waals surface area contributed by atoms with Crippen LogP contribution in [0.15, 0.2) is 0 Å². The molecule has 2 atom stereocenters. The van der Waals surface area contributed by atoms with Crippen LogP contribution >= 0.6 is 12.4 Å². The van der Waals surface area contributed by atoms with Crippen LogP contribution in [0.5, 0.6) is 0 Å². The molecule has 1 saturated carbocycles. The van der Waals surface area contributed by atoms with Gasteiger partial charge in [0.2, 0.25) is 0 Å². The highest BCUT2D eigenvalue weighted by Crippen LogP contribution is 2.55. The number of nitrogens with two attached hydrogens (primary N) is 1. The molecule has 0 saturated heterocycles. The zero-order chi connectivity index (χ0) is 7.28. The molecule has 0 amide bonds. The van der Waals surface area contributed by atoms with Gasteiger partial charge in [0.05, 0.1) is 5.41 Å². The summed E-state index contributed by atoms with van der Waals surface area (Å²) in [6.45, 7) is 1.15. The number of halogens is 4. The summed E-state index contributed by atoms with van der Waals surface area (Å²) in [5.74, 6) is 0. The van der Waals surface area contributed by atoms with E-state index in [9.17, 15) is 13.2 Å². The molecule has 62 valence electrons. The summed E-state index contributed by atoms with van der Waals surface area (Å²) in [5, 5.41) is 0. The Labute approximate surface area is 63.2 Å². The van der Waals surface area contributed by atoms with E-state index in [1.165, 1.54) is 0 Å². The molecule has 0 heterocycles. The molecule has 0 spiro atoms. The number of hydrogen-bond donors (Lipinski definition) is 1. The van der Waals surface area contributed by atoms with E-state index in [1.807, 2.05) is 0 Å². The van der Waals surface area contributed by atoms with Crippen molar-refractivity contribution in [1.82, 2.24) is 0 Å². The monoisotopic (exact) mass is 175 g/mol. The van der Waals surface area contributed by atoms with Crippen LogP contribution in [0, 0.1) is 5.41 Å². The Balaban J connectivity index is 0.000000810. The van der Waals surface area contributed by atoms with E-state index >= 15 is 0 Å². The van der Waals surface area contributed by atoms with Crippen LogP contribution in [0.3, 0.4) is 0 Å². The van der Waals surface area contributed by atoms with Crippen molar-refractivity contribution >= 4 is 12.4 Å². The van der Waals surface area contributed by atoms with E-state index in [2.05, 4.69) is 0 Å². The van der Waals surface area contributed by atoms with Gasteiger partial charge in [0, 0.05) is 6.04 Å². The molecule has 1 rings (SSSR count). The smallest absolute Gasteiger partial charge is 0.327 e. The van der Waals surface area contributed by atoms with E-state index in [0.717, 1.165) is 6.92 Å². The Morgan fingerprint density at radius 2 is 1.80 bits per heavy atom. The van der Waals surface area contributed by atoms with Crippen molar-refractivity contribution in [3.8, 4) is 0 Å². The summed E-state index contributed by atoms with van der Waals surface area (Å²) in [6, 6.07) is -0.669. The lowest BCUT2D eigenvalue weighted by molar-refractivity contribution is -0.182. The second kappa shape index (κ2) is 2.27. The van der Waals surface area contributed by atoms with Crippen LogP contribution in [0.2, 0.25) is 0 Å². The van der Waals surface area contributed by atoms with Gasteiger partial charge in [0.15, 0.2) is 0 Å². The summed E-state index contributed by atoms with van der Waals surface area (Å²) in [7, 11) is 0. The fourth-order valence-electron chi connectivity index (χ4n) is 0.724. The lowest BCUT2D eigenvalue weighted by Crippen LogP contribution is -2.27. The maximum atomic E-state index is 11.8. The van der Waals surface area contributed by atoms with E-state index in [1.54, 1.807) is 0 Å². The molecule has 2 N–H and O–H groups in total. The van der Waals surface area contributed by atoms with Gasteiger partial charge >= 0.3 is 6.18 Å². The van der Waals surface area contributed by atoms with Crippen LogP contribution in [0.1, 0.15) is 13.3 Å². The fourth-order valence-corrected chi connectivity index (χ4v) is 0.724. The number of alkyl halides is 3. The summed E-state index contributed by atoms with van der Waals surface area (Å²) >= 11 is 0. The molecule has 0 aromatic heterocycles. The summed E-state index contributed by atoms with van der Waals surface area (Å²) in [4.78, 5) is 0. The van der Waals surface area contributed by atoms with E-state index < -0.39 is 17.6 Å². The second-order valence-corrected chi connectivity index (χ2v) is 2.73. The molecule has 1 aliphatic carbocycles. The van der Waals surface area contributed by atoms with Crippen molar-refractivity contribution in [3.63, 3.8) is 0 Å². The zero-order valence-electron chi connectivity index (χ0n) is 5.40. The standard InChI is InChI=1S/C5H8F3N.ClH/c1-4(2-3(4)9)5(6,7)8;/h3H,2,9H2,1H3;1H/t3-,4-;/m0./s1. The van der Waals surface area contributed by atoms with E-state index in [0.29, 0.717) is 0 Å². The maximum absolute atomic E-state index is 11.8. The highest BCUT2D eigenvalue weighted by molar-refractivity contribution is 5.85. The Kier molecular flexibility index (Phi) is 2.28. The first-order valence-corrected chi connectivity index (χ1v) is 2.70. The van der Waals surface area contributed by atoms with E-state index in [4.69, 9.17) is 5.73 Å². The molecule has 0 aromatic rings. The quantitative estimate of drug-likeness (QED) is 0.596. The Hall–Kier alpha value is 0.0400. The van der Waals surface area contributed by atoms with Crippen molar-refractivity contribution in [2.75, 3.05) is 0 Å². The Morgan fingerprint density at radius 3 is 1.80 bits per heavy atom. The molecular formula is C5H9ClF3N. The summed E-state index contributed by atoms with van der Waals surface area (Å²) < 4.78 is 35.4. The normalized spacial score (nSPS) is 38.7. The molecule has 0 radical (unpaired) electrons. The van der Waals surface area contributed by atoms with Crippen LogP contribution in [-0.2, 0) is 0 Å². The van der Waals surface area contributed by atoms with Gasteiger partial charge in [-0.15, -0.1) is 12.4 Å². The summed E-state index contributed by atoms with van der Waals surface area (Å²) in [5.41, 5.74) is 3.49. The van der Waals surface area contributed by atoms with Gasteiger partial charge in [-0.25, -0.2) is 0 Å². The third-order valence-electron chi connectivity index (χ3n) is 1.95. The average Bonchev–Trinajstić information content (AvgIpc) is 2.13. The topological polar surface area (TPSA) is 26.0 Å². The van der Waals surface area contributed by atoms with Crippen LogP contribution in [0.25, 0.3) is 0 Å². The van der Waals surface area contributed by atoms with E-state index in [-0.39, 0.29) is 18.8 Å². The molecule has 0 bridgehead atoms. The molecule has 10 heavy (non-hydrogen) atoms. The minimum absolute atomic E-state index is 0.